The number of hydrogen-bond acceptors (Lipinski definition) is 8. The first kappa shape index (κ1) is 21.5. The Morgan fingerprint density at radius 2 is 2.16 bits per heavy atom. The van der Waals surface area contributed by atoms with E-state index < -0.39 is 4.92 Å². The van der Waals surface area contributed by atoms with E-state index in [1.54, 1.807) is 24.3 Å². The molecule has 3 aromatic rings. The Kier molecular flexibility index (Phi) is 5.85. The van der Waals surface area contributed by atoms with Crippen molar-refractivity contribution >= 4 is 56.4 Å². The van der Waals surface area contributed by atoms with Crippen molar-refractivity contribution in [3.63, 3.8) is 0 Å². The summed E-state index contributed by atoms with van der Waals surface area (Å²) < 4.78 is 0. The molecule has 0 aliphatic heterocycles. The minimum absolute atomic E-state index is 0.0254. The largest absolute Gasteiger partial charge is 0.383 e. The van der Waals surface area contributed by atoms with Crippen LogP contribution >= 0.6 is 23.1 Å². The maximum atomic E-state index is 12.5. The number of benzene rings is 1. The summed E-state index contributed by atoms with van der Waals surface area (Å²) in [6.45, 7) is 5.85. The van der Waals surface area contributed by atoms with Gasteiger partial charge in [-0.2, -0.15) is 0 Å². The van der Waals surface area contributed by atoms with E-state index >= 15 is 0 Å². The second-order valence-corrected chi connectivity index (χ2v) is 9.95. The summed E-state index contributed by atoms with van der Waals surface area (Å²) in [6.07, 6.45) is 3.17. The highest BCUT2D eigenvalue weighted by Crippen LogP contribution is 2.40. The summed E-state index contributed by atoms with van der Waals surface area (Å²) in [5.74, 6) is 0.771. The Morgan fingerprint density at radius 3 is 2.90 bits per heavy atom. The van der Waals surface area contributed by atoms with E-state index in [4.69, 9.17) is 5.73 Å². The number of rotatable bonds is 5. The molecule has 1 aliphatic carbocycles. The summed E-state index contributed by atoms with van der Waals surface area (Å²) in [7, 11) is 0. The highest BCUT2D eigenvalue weighted by molar-refractivity contribution is 7.99. The molecule has 3 N–H and O–H groups in total. The standard InChI is InChI=1S/C21H23N5O3S2/c1-10-4-6-13-15(8-10)31-20-17(13)19(22)24-21(25-20)30-9-16(27)23-18-12(3)11(2)5-7-14(18)26(28)29/h5,7,10H,4,6,8-9H2,1-3H3,(H,23,27)(H2,22,24,25). The molecular weight excluding hydrogens is 434 g/mol. The Bertz CT molecular complexity index is 1210. The van der Waals surface area contributed by atoms with Crippen LogP contribution < -0.4 is 11.1 Å². The topological polar surface area (TPSA) is 124 Å². The van der Waals surface area contributed by atoms with Gasteiger partial charge in [0, 0.05) is 10.9 Å². The number of nitro groups is 1. The van der Waals surface area contributed by atoms with Gasteiger partial charge in [0.05, 0.1) is 16.1 Å². The fraction of sp³-hybridized carbons (Fsp3) is 0.381. The van der Waals surface area contributed by atoms with Gasteiger partial charge in [-0.3, -0.25) is 14.9 Å². The van der Waals surface area contributed by atoms with Gasteiger partial charge < -0.3 is 11.1 Å². The molecule has 0 saturated heterocycles. The Hall–Kier alpha value is -2.72. The number of hydrogen-bond donors (Lipinski definition) is 2. The molecule has 0 saturated carbocycles. The van der Waals surface area contributed by atoms with Crippen LogP contribution in [0.2, 0.25) is 0 Å². The van der Waals surface area contributed by atoms with Crippen molar-refractivity contribution < 1.29 is 9.72 Å². The molecule has 31 heavy (non-hydrogen) atoms. The van der Waals surface area contributed by atoms with Crippen LogP contribution in [-0.2, 0) is 17.6 Å². The van der Waals surface area contributed by atoms with Crippen LogP contribution in [0.25, 0.3) is 10.2 Å². The SMILES string of the molecule is Cc1ccc([N+](=O)[O-])c(NC(=O)CSc2nc(N)c3c4c(sc3n2)CC(C)CC4)c1C. The zero-order valence-corrected chi connectivity index (χ0v) is 19.2. The fourth-order valence-corrected chi connectivity index (χ4v) is 5.93. The van der Waals surface area contributed by atoms with Crippen molar-refractivity contribution in [2.24, 2.45) is 5.92 Å². The van der Waals surface area contributed by atoms with E-state index in [-0.39, 0.29) is 23.0 Å². The molecule has 1 atom stereocenters. The molecule has 2 heterocycles. The van der Waals surface area contributed by atoms with Gasteiger partial charge >= 0.3 is 0 Å². The number of nitrogen functional groups attached to an aromatic ring is 1. The number of nitro benzene ring substituents is 1. The number of aromatic nitrogens is 2. The van der Waals surface area contributed by atoms with E-state index in [9.17, 15) is 14.9 Å². The van der Waals surface area contributed by atoms with Crippen LogP contribution in [0.15, 0.2) is 17.3 Å². The fourth-order valence-electron chi connectivity index (χ4n) is 3.83. The van der Waals surface area contributed by atoms with E-state index in [0.717, 1.165) is 35.0 Å². The molecule has 1 unspecified atom stereocenters. The molecule has 0 fully saturated rings. The van der Waals surface area contributed by atoms with E-state index in [1.807, 2.05) is 6.92 Å². The second-order valence-electron chi connectivity index (χ2n) is 7.92. The normalized spacial score (nSPS) is 15.6. The summed E-state index contributed by atoms with van der Waals surface area (Å²) in [4.78, 5) is 34.6. The van der Waals surface area contributed by atoms with Gasteiger partial charge in [0.1, 0.15) is 16.3 Å². The maximum absolute atomic E-state index is 12.5. The number of nitrogens with two attached hydrogens (primary N) is 1. The zero-order valence-electron chi connectivity index (χ0n) is 17.5. The lowest BCUT2D eigenvalue weighted by atomic mass is 9.89. The highest BCUT2D eigenvalue weighted by atomic mass is 32.2. The molecule has 2 aromatic heterocycles. The molecule has 1 aliphatic rings. The minimum atomic E-state index is -0.494. The van der Waals surface area contributed by atoms with Crippen LogP contribution in [-0.4, -0.2) is 26.6 Å². The van der Waals surface area contributed by atoms with Gasteiger partial charge in [0.25, 0.3) is 5.69 Å². The third-order valence-electron chi connectivity index (χ3n) is 5.67. The Balaban J connectivity index is 1.52. The van der Waals surface area contributed by atoms with Crippen molar-refractivity contribution in [1.29, 1.82) is 0 Å². The van der Waals surface area contributed by atoms with Crippen LogP contribution in [0.3, 0.4) is 0 Å². The summed E-state index contributed by atoms with van der Waals surface area (Å²) in [5, 5.41) is 15.4. The number of nitrogens with zero attached hydrogens (tertiary/aromatic N) is 3. The first-order valence-corrected chi connectivity index (χ1v) is 11.8. The second kappa shape index (κ2) is 8.43. The van der Waals surface area contributed by atoms with Crippen LogP contribution in [0.4, 0.5) is 17.2 Å². The van der Waals surface area contributed by atoms with Crippen molar-refractivity contribution in [3.8, 4) is 0 Å². The molecule has 0 radical (unpaired) electrons. The quantitative estimate of drug-likeness (QED) is 0.247. The smallest absolute Gasteiger partial charge is 0.293 e. The number of thioether (sulfide) groups is 1. The minimum Gasteiger partial charge on any atom is -0.383 e. The van der Waals surface area contributed by atoms with Crippen molar-refractivity contribution in [2.75, 3.05) is 16.8 Å². The summed E-state index contributed by atoms with van der Waals surface area (Å²) >= 11 is 2.83. The van der Waals surface area contributed by atoms with Gasteiger partial charge in [-0.1, -0.05) is 24.8 Å². The number of aryl methyl sites for hydroxylation is 2. The number of anilines is 2. The monoisotopic (exact) mass is 457 g/mol. The first-order valence-electron chi connectivity index (χ1n) is 9.99. The van der Waals surface area contributed by atoms with Gasteiger partial charge in [-0.25, -0.2) is 9.97 Å². The molecular formula is C21H23N5O3S2. The van der Waals surface area contributed by atoms with Crippen LogP contribution in [0.5, 0.6) is 0 Å². The summed E-state index contributed by atoms with van der Waals surface area (Å²) in [5.41, 5.74) is 9.16. The number of carbonyl (C=O) groups excluding carboxylic acids is 1. The lowest BCUT2D eigenvalue weighted by Crippen LogP contribution is -2.16. The predicted molar refractivity (Wildman–Crippen MR) is 125 cm³/mol. The van der Waals surface area contributed by atoms with Gasteiger partial charge in [-0.15, -0.1) is 11.3 Å². The first-order chi connectivity index (χ1) is 14.7. The molecule has 1 aromatic carbocycles. The average Bonchev–Trinajstić information content (AvgIpc) is 3.07. The van der Waals surface area contributed by atoms with E-state index in [1.165, 1.54) is 28.3 Å². The average molecular weight is 458 g/mol. The molecule has 10 heteroatoms. The molecule has 0 bridgehead atoms. The molecule has 4 rings (SSSR count). The van der Waals surface area contributed by atoms with Gasteiger partial charge in [0.15, 0.2) is 5.16 Å². The van der Waals surface area contributed by atoms with Gasteiger partial charge in [-0.05, 0) is 55.7 Å². The number of nitrogens with one attached hydrogen (secondary N) is 1. The predicted octanol–water partition coefficient (Wildman–Crippen LogP) is 4.65. The molecule has 0 spiro atoms. The van der Waals surface area contributed by atoms with E-state index in [0.29, 0.717) is 22.5 Å². The van der Waals surface area contributed by atoms with Crippen molar-refractivity contribution in [1.82, 2.24) is 9.97 Å². The highest BCUT2D eigenvalue weighted by Gasteiger charge is 2.24. The molecule has 162 valence electrons. The number of carbonyl (C=O) groups is 1. The van der Waals surface area contributed by atoms with Crippen molar-refractivity contribution in [3.05, 3.63) is 43.8 Å². The van der Waals surface area contributed by atoms with E-state index in [2.05, 4.69) is 22.2 Å². The van der Waals surface area contributed by atoms with Crippen molar-refractivity contribution in [2.45, 2.75) is 45.2 Å². The number of fused-ring (bicyclic) bond motifs is 3. The molecule has 1 amide bonds. The maximum Gasteiger partial charge on any atom is 0.293 e. The number of thiophene rings is 1. The van der Waals surface area contributed by atoms with Crippen LogP contribution in [0, 0.1) is 29.9 Å². The lowest BCUT2D eigenvalue weighted by molar-refractivity contribution is -0.384. The Labute approximate surface area is 187 Å². The van der Waals surface area contributed by atoms with Crippen LogP contribution in [0.1, 0.15) is 34.9 Å². The lowest BCUT2D eigenvalue weighted by Gasteiger charge is -2.17. The number of amides is 1. The zero-order chi connectivity index (χ0) is 22.3. The molecule has 8 nitrogen and oxygen atoms in total. The third kappa shape index (κ3) is 4.22. The van der Waals surface area contributed by atoms with Gasteiger partial charge in [0.2, 0.25) is 5.91 Å². The Morgan fingerprint density at radius 1 is 1.39 bits per heavy atom. The third-order valence-corrected chi connectivity index (χ3v) is 7.67. The summed E-state index contributed by atoms with van der Waals surface area (Å²) in [6, 6.07) is 3.08.